The molecule has 0 bridgehead atoms. The Morgan fingerprint density at radius 2 is 1.88 bits per heavy atom. The Morgan fingerprint density at radius 3 is 2.48 bits per heavy atom. The van der Waals surface area contributed by atoms with Crippen LogP contribution in [0.25, 0.3) is 0 Å². The number of ether oxygens (including phenoxy) is 1. The average Bonchev–Trinajstić information content (AvgIpc) is 2.60. The highest BCUT2D eigenvalue weighted by Crippen LogP contribution is 2.17. The van der Waals surface area contributed by atoms with E-state index < -0.39 is 6.04 Å². The average molecular weight is 392 g/mol. The van der Waals surface area contributed by atoms with Gasteiger partial charge in [-0.1, -0.05) is 30.3 Å². The molecule has 3 N–H and O–H groups in total. The number of hydrogen-bond acceptors (Lipinski definition) is 4. The third-order valence-electron chi connectivity index (χ3n) is 4.68. The third kappa shape index (κ3) is 7.92. The van der Waals surface area contributed by atoms with Gasteiger partial charge in [-0.15, -0.1) is 24.8 Å². The predicted octanol–water partition coefficient (Wildman–Crippen LogP) is 2.22. The van der Waals surface area contributed by atoms with E-state index in [4.69, 9.17) is 10.5 Å². The van der Waals surface area contributed by atoms with Crippen LogP contribution in [0.1, 0.15) is 25.3 Å². The van der Waals surface area contributed by atoms with Crippen molar-refractivity contribution in [3.8, 4) is 0 Å². The van der Waals surface area contributed by atoms with Gasteiger partial charge in [-0.05, 0) is 38.3 Å². The first-order chi connectivity index (χ1) is 11.1. The molecular formula is C18H31Cl2N3O2. The molecule has 1 aliphatic heterocycles. The summed E-state index contributed by atoms with van der Waals surface area (Å²) in [6, 6.07) is 10.2. The lowest BCUT2D eigenvalue weighted by Crippen LogP contribution is -2.50. The minimum Gasteiger partial charge on any atom is -0.381 e. The minimum absolute atomic E-state index is 0. The molecule has 1 heterocycles. The van der Waals surface area contributed by atoms with Crippen molar-refractivity contribution in [3.05, 3.63) is 35.9 Å². The highest BCUT2D eigenvalue weighted by atomic mass is 35.5. The molecule has 25 heavy (non-hydrogen) atoms. The molecule has 1 amide bonds. The van der Waals surface area contributed by atoms with Crippen molar-refractivity contribution in [1.82, 2.24) is 10.2 Å². The van der Waals surface area contributed by atoms with Gasteiger partial charge >= 0.3 is 0 Å². The third-order valence-corrected chi connectivity index (χ3v) is 4.68. The standard InChI is InChI=1S/C18H29N3O2.2ClH/c1-14(21(2)13-15-6-4-3-5-7-15)12-20-18(22)17(19)16-8-10-23-11-9-16;;/h3-7,14,16-17H,8-13,19H2,1-2H3,(H,20,22);2*1H. The number of halogens is 2. The Labute approximate surface area is 163 Å². The normalized spacial score (nSPS) is 17.1. The fourth-order valence-corrected chi connectivity index (χ4v) is 2.84. The molecule has 0 aliphatic carbocycles. The second kappa shape index (κ2) is 12.5. The van der Waals surface area contributed by atoms with E-state index in [0.29, 0.717) is 19.8 Å². The number of carbonyl (C=O) groups is 1. The number of nitrogens with zero attached hydrogens (tertiary/aromatic N) is 1. The van der Waals surface area contributed by atoms with Gasteiger partial charge in [0.1, 0.15) is 0 Å². The molecule has 7 heteroatoms. The molecule has 1 saturated heterocycles. The molecule has 0 saturated carbocycles. The number of nitrogens with one attached hydrogen (secondary N) is 1. The smallest absolute Gasteiger partial charge is 0.237 e. The van der Waals surface area contributed by atoms with Crippen molar-refractivity contribution in [2.45, 2.75) is 38.4 Å². The SMILES string of the molecule is CC(CNC(=O)C(N)C1CCOCC1)N(C)Cc1ccccc1.Cl.Cl. The summed E-state index contributed by atoms with van der Waals surface area (Å²) in [5.41, 5.74) is 7.37. The van der Waals surface area contributed by atoms with Gasteiger partial charge in [-0.3, -0.25) is 9.69 Å². The molecule has 1 aromatic carbocycles. The van der Waals surface area contributed by atoms with E-state index in [9.17, 15) is 4.79 Å². The van der Waals surface area contributed by atoms with Crippen molar-refractivity contribution in [2.24, 2.45) is 11.7 Å². The summed E-state index contributed by atoms with van der Waals surface area (Å²) in [6.07, 6.45) is 1.75. The molecule has 144 valence electrons. The summed E-state index contributed by atoms with van der Waals surface area (Å²) in [5, 5.41) is 3.00. The van der Waals surface area contributed by atoms with E-state index in [1.165, 1.54) is 5.56 Å². The molecule has 1 aliphatic rings. The van der Waals surface area contributed by atoms with E-state index in [2.05, 4.69) is 36.3 Å². The van der Waals surface area contributed by atoms with Crippen molar-refractivity contribution in [3.63, 3.8) is 0 Å². The summed E-state index contributed by atoms with van der Waals surface area (Å²) < 4.78 is 5.32. The molecule has 0 aromatic heterocycles. The van der Waals surface area contributed by atoms with Gasteiger partial charge < -0.3 is 15.8 Å². The number of benzene rings is 1. The molecule has 2 rings (SSSR count). The molecular weight excluding hydrogens is 361 g/mol. The van der Waals surface area contributed by atoms with Crippen molar-refractivity contribution in [1.29, 1.82) is 0 Å². The van der Waals surface area contributed by atoms with Crippen LogP contribution >= 0.6 is 24.8 Å². The highest BCUT2D eigenvalue weighted by Gasteiger charge is 2.26. The van der Waals surface area contributed by atoms with Crippen LogP contribution < -0.4 is 11.1 Å². The first-order valence-corrected chi connectivity index (χ1v) is 8.43. The van der Waals surface area contributed by atoms with Crippen LogP contribution in [0.4, 0.5) is 0 Å². The van der Waals surface area contributed by atoms with Crippen LogP contribution in [0, 0.1) is 5.92 Å². The zero-order chi connectivity index (χ0) is 16.7. The highest BCUT2D eigenvalue weighted by molar-refractivity contribution is 5.85. The summed E-state index contributed by atoms with van der Waals surface area (Å²) in [6.45, 7) is 5.01. The molecule has 1 fully saturated rings. The second-order valence-electron chi connectivity index (χ2n) is 6.47. The molecule has 1 aromatic rings. The van der Waals surface area contributed by atoms with Crippen LogP contribution in [0.5, 0.6) is 0 Å². The topological polar surface area (TPSA) is 67.6 Å². The van der Waals surface area contributed by atoms with Gasteiger partial charge in [0.05, 0.1) is 6.04 Å². The Balaban J connectivity index is 0.00000288. The number of hydrogen-bond donors (Lipinski definition) is 2. The Morgan fingerprint density at radius 1 is 1.28 bits per heavy atom. The van der Waals surface area contributed by atoms with E-state index >= 15 is 0 Å². The Bertz CT molecular complexity index is 484. The van der Waals surface area contributed by atoms with E-state index in [0.717, 1.165) is 19.4 Å². The van der Waals surface area contributed by atoms with Gasteiger partial charge in [-0.25, -0.2) is 0 Å². The van der Waals surface area contributed by atoms with Crippen molar-refractivity contribution >= 4 is 30.7 Å². The fourth-order valence-electron chi connectivity index (χ4n) is 2.84. The maximum Gasteiger partial charge on any atom is 0.237 e. The summed E-state index contributed by atoms with van der Waals surface area (Å²) in [5.74, 6) is 0.193. The summed E-state index contributed by atoms with van der Waals surface area (Å²) in [7, 11) is 2.07. The van der Waals surface area contributed by atoms with Crippen molar-refractivity contribution in [2.75, 3.05) is 26.8 Å². The van der Waals surface area contributed by atoms with Crippen molar-refractivity contribution < 1.29 is 9.53 Å². The quantitative estimate of drug-likeness (QED) is 0.747. The zero-order valence-electron chi connectivity index (χ0n) is 15.0. The Kier molecular flexibility index (Phi) is 12.1. The van der Waals surface area contributed by atoms with E-state index in [1.54, 1.807) is 0 Å². The fraction of sp³-hybridized carbons (Fsp3) is 0.611. The van der Waals surface area contributed by atoms with Gasteiger partial charge in [0.2, 0.25) is 5.91 Å². The van der Waals surface area contributed by atoms with Crippen LogP contribution in [-0.2, 0) is 16.1 Å². The van der Waals surface area contributed by atoms with E-state index in [-0.39, 0.29) is 42.7 Å². The van der Waals surface area contributed by atoms with Crippen LogP contribution in [0.15, 0.2) is 30.3 Å². The number of carbonyl (C=O) groups excluding carboxylic acids is 1. The first kappa shape index (κ1) is 24.1. The first-order valence-electron chi connectivity index (χ1n) is 8.43. The van der Waals surface area contributed by atoms with Gasteiger partial charge in [0, 0.05) is 32.3 Å². The number of amides is 1. The minimum atomic E-state index is -0.425. The lowest BCUT2D eigenvalue weighted by Gasteiger charge is -2.29. The van der Waals surface area contributed by atoms with Crippen LogP contribution in [0.3, 0.4) is 0 Å². The van der Waals surface area contributed by atoms with E-state index in [1.807, 2.05) is 18.2 Å². The number of likely N-dealkylation sites (N-methyl/N-ethyl adjacent to an activating group) is 1. The molecule has 0 radical (unpaired) electrons. The van der Waals surface area contributed by atoms with Gasteiger partial charge in [0.25, 0.3) is 0 Å². The Hall–Kier alpha value is -0.850. The monoisotopic (exact) mass is 391 g/mol. The second-order valence-corrected chi connectivity index (χ2v) is 6.47. The lowest BCUT2D eigenvalue weighted by molar-refractivity contribution is -0.124. The maximum atomic E-state index is 12.2. The lowest BCUT2D eigenvalue weighted by atomic mass is 9.92. The number of nitrogens with two attached hydrogens (primary N) is 1. The maximum absolute atomic E-state index is 12.2. The largest absolute Gasteiger partial charge is 0.381 e. The zero-order valence-corrected chi connectivity index (χ0v) is 16.7. The number of rotatable bonds is 7. The molecule has 2 atom stereocenters. The molecule has 0 spiro atoms. The molecule has 5 nitrogen and oxygen atoms in total. The predicted molar refractivity (Wildman–Crippen MR) is 106 cm³/mol. The summed E-state index contributed by atoms with van der Waals surface area (Å²) in [4.78, 5) is 14.5. The van der Waals surface area contributed by atoms with Gasteiger partial charge in [-0.2, -0.15) is 0 Å². The van der Waals surface area contributed by atoms with Gasteiger partial charge in [0.15, 0.2) is 0 Å². The van der Waals surface area contributed by atoms with Crippen LogP contribution in [0.2, 0.25) is 0 Å². The molecule has 2 unspecified atom stereocenters. The van der Waals surface area contributed by atoms with Crippen LogP contribution in [-0.4, -0.2) is 49.7 Å². The summed E-state index contributed by atoms with van der Waals surface area (Å²) >= 11 is 0.